The maximum Gasteiger partial charge on any atom is 0.236 e. The van der Waals surface area contributed by atoms with Gasteiger partial charge in [0, 0.05) is 42.5 Å². The van der Waals surface area contributed by atoms with Crippen LogP contribution in [0.2, 0.25) is 0 Å². The van der Waals surface area contributed by atoms with Crippen LogP contribution in [0.5, 0.6) is 0 Å². The van der Waals surface area contributed by atoms with Gasteiger partial charge in [-0.3, -0.25) is 9.78 Å². The van der Waals surface area contributed by atoms with Crippen LogP contribution in [-0.4, -0.2) is 36.7 Å². The molecule has 26 heavy (non-hydrogen) atoms. The Morgan fingerprint density at radius 3 is 2.38 bits per heavy atom. The monoisotopic (exact) mass is 371 g/mol. The van der Waals surface area contributed by atoms with Crippen molar-refractivity contribution in [2.24, 2.45) is 5.92 Å². The van der Waals surface area contributed by atoms with E-state index >= 15 is 0 Å². The first-order valence-electron chi connectivity index (χ1n) is 8.49. The number of amides is 1. The van der Waals surface area contributed by atoms with Gasteiger partial charge in [0.2, 0.25) is 15.9 Å². The molecule has 1 N–H and O–H groups in total. The fourth-order valence-corrected chi connectivity index (χ4v) is 4.09. The van der Waals surface area contributed by atoms with Crippen molar-refractivity contribution in [2.45, 2.75) is 12.8 Å². The van der Waals surface area contributed by atoms with Crippen LogP contribution in [0.15, 0.2) is 60.3 Å². The molecular weight excluding hydrogens is 350 g/mol. The van der Waals surface area contributed by atoms with Crippen molar-refractivity contribution < 1.29 is 13.2 Å². The molecule has 0 atom stereocenters. The Kier molecular flexibility index (Phi) is 5.80. The van der Waals surface area contributed by atoms with Gasteiger partial charge in [-0.25, -0.2) is 8.42 Å². The van der Waals surface area contributed by atoms with Crippen LogP contribution in [0.3, 0.4) is 0 Å². The van der Waals surface area contributed by atoms with E-state index in [1.54, 1.807) is 30.6 Å². The van der Waals surface area contributed by atoms with Crippen molar-refractivity contribution in [3.63, 3.8) is 0 Å². The molecule has 6 nitrogen and oxygen atoms in total. The zero-order valence-corrected chi connectivity index (χ0v) is 15.1. The summed E-state index contributed by atoms with van der Waals surface area (Å²) in [5.74, 6) is -0.263. The fraction of sp³-hybridized carbons (Fsp3) is 0.263. The van der Waals surface area contributed by atoms with Crippen LogP contribution in [0.1, 0.15) is 18.4 Å². The number of nitrogens with zero attached hydrogens (tertiary/aromatic N) is 2. The minimum Gasteiger partial charge on any atom is -0.326 e. The molecule has 0 unspecified atom stereocenters. The average Bonchev–Trinajstić information content (AvgIpc) is 2.68. The summed E-state index contributed by atoms with van der Waals surface area (Å²) < 4.78 is 26.3. The van der Waals surface area contributed by atoms with Gasteiger partial charge in [-0.05, 0) is 36.6 Å². The molecule has 1 fully saturated rings. The van der Waals surface area contributed by atoms with Gasteiger partial charge < -0.3 is 5.32 Å². The Bertz CT molecular complexity index is 859. The Morgan fingerprint density at radius 2 is 1.73 bits per heavy atom. The number of hydrogen-bond acceptors (Lipinski definition) is 4. The number of rotatable bonds is 5. The van der Waals surface area contributed by atoms with Gasteiger partial charge in [0.15, 0.2) is 0 Å². The van der Waals surface area contributed by atoms with E-state index in [0.29, 0.717) is 31.6 Å². The third kappa shape index (κ3) is 4.77. The minimum atomic E-state index is -3.48. The summed E-state index contributed by atoms with van der Waals surface area (Å²) in [5.41, 5.74) is 1.54. The van der Waals surface area contributed by atoms with Crippen LogP contribution >= 0.6 is 0 Å². The molecule has 1 aliphatic heterocycles. The summed E-state index contributed by atoms with van der Waals surface area (Å²) in [7, 11) is -3.48. The van der Waals surface area contributed by atoms with E-state index in [9.17, 15) is 13.2 Å². The van der Waals surface area contributed by atoms with Gasteiger partial charge in [0.1, 0.15) is 0 Å². The van der Waals surface area contributed by atoms with E-state index in [1.165, 1.54) is 9.71 Å². The summed E-state index contributed by atoms with van der Waals surface area (Å²) in [6.07, 6.45) is 5.84. The van der Waals surface area contributed by atoms with Crippen LogP contribution in [0, 0.1) is 5.92 Å². The lowest BCUT2D eigenvalue weighted by molar-refractivity contribution is -0.120. The van der Waals surface area contributed by atoms with Crippen molar-refractivity contribution in [3.8, 4) is 0 Å². The lowest BCUT2D eigenvalue weighted by Crippen LogP contribution is -2.40. The Hall–Kier alpha value is -2.51. The minimum absolute atomic E-state index is 0.0759. The predicted octanol–water partition coefficient (Wildman–Crippen LogP) is 2.73. The number of carbonyl (C=O) groups is 1. The number of nitrogens with one attached hydrogen (secondary N) is 1. The third-order valence-corrected chi connectivity index (χ3v) is 5.93. The lowest BCUT2D eigenvalue weighted by atomic mass is 9.97. The lowest BCUT2D eigenvalue weighted by Gasteiger charge is -2.29. The van der Waals surface area contributed by atoms with Crippen molar-refractivity contribution in [3.05, 3.63) is 65.8 Å². The molecule has 1 amide bonds. The molecule has 3 rings (SSSR count). The van der Waals surface area contributed by atoms with Gasteiger partial charge in [-0.15, -0.1) is 0 Å². The van der Waals surface area contributed by atoms with Gasteiger partial charge in [0.05, 0.1) is 0 Å². The number of anilines is 1. The summed E-state index contributed by atoms with van der Waals surface area (Å²) in [6.45, 7) is 0.686. The standard InChI is InChI=1S/C19H21N3O3S/c23-19(21-18-6-11-20-12-7-18)17-8-13-22(14-9-17)26(24,25)15-10-16-4-2-1-3-5-16/h1-7,10-12,15,17H,8-9,13-14H2,(H,20,21,23)/b15-10+. The van der Waals surface area contributed by atoms with E-state index in [1.807, 2.05) is 30.3 Å². The second-order valence-electron chi connectivity index (χ2n) is 6.16. The predicted molar refractivity (Wildman–Crippen MR) is 102 cm³/mol. The second kappa shape index (κ2) is 8.25. The van der Waals surface area contributed by atoms with Crippen LogP contribution in [-0.2, 0) is 14.8 Å². The molecule has 0 saturated carbocycles. The summed E-state index contributed by atoms with van der Waals surface area (Å²) in [4.78, 5) is 16.2. The van der Waals surface area contributed by atoms with E-state index in [2.05, 4.69) is 10.3 Å². The highest BCUT2D eigenvalue weighted by molar-refractivity contribution is 7.92. The maximum absolute atomic E-state index is 12.5. The number of benzene rings is 1. The molecular formula is C19H21N3O3S. The zero-order chi connectivity index (χ0) is 18.4. The molecule has 1 aromatic carbocycles. The van der Waals surface area contributed by atoms with E-state index < -0.39 is 10.0 Å². The number of piperidine rings is 1. The molecule has 1 aromatic heterocycles. The van der Waals surface area contributed by atoms with Gasteiger partial charge in [0.25, 0.3) is 0 Å². The highest BCUT2D eigenvalue weighted by atomic mass is 32.2. The molecule has 2 aromatic rings. The summed E-state index contributed by atoms with van der Waals surface area (Å²) in [5, 5.41) is 4.09. The van der Waals surface area contributed by atoms with E-state index in [4.69, 9.17) is 0 Å². The Balaban J connectivity index is 1.55. The molecule has 1 saturated heterocycles. The van der Waals surface area contributed by atoms with Crippen molar-refractivity contribution >= 4 is 27.7 Å². The number of pyridine rings is 1. The number of aromatic nitrogens is 1. The number of carbonyl (C=O) groups excluding carboxylic acids is 1. The maximum atomic E-state index is 12.5. The molecule has 0 radical (unpaired) electrons. The highest BCUT2D eigenvalue weighted by Crippen LogP contribution is 2.22. The summed E-state index contributed by atoms with van der Waals surface area (Å²) >= 11 is 0. The van der Waals surface area contributed by atoms with Gasteiger partial charge >= 0.3 is 0 Å². The highest BCUT2D eigenvalue weighted by Gasteiger charge is 2.29. The van der Waals surface area contributed by atoms with Gasteiger partial charge in [-0.1, -0.05) is 30.3 Å². The molecule has 2 heterocycles. The number of hydrogen-bond donors (Lipinski definition) is 1. The van der Waals surface area contributed by atoms with Crippen molar-refractivity contribution in [1.82, 2.24) is 9.29 Å². The SMILES string of the molecule is O=C(Nc1ccncc1)C1CCN(S(=O)(=O)/C=C/c2ccccc2)CC1. The Morgan fingerprint density at radius 1 is 1.08 bits per heavy atom. The number of sulfonamides is 1. The van der Waals surface area contributed by atoms with Gasteiger partial charge in [-0.2, -0.15) is 4.31 Å². The van der Waals surface area contributed by atoms with Crippen molar-refractivity contribution in [2.75, 3.05) is 18.4 Å². The first kappa shape index (κ1) is 18.3. The van der Waals surface area contributed by atoms with Crippen LogP contribution < -0.4 is 5.32 Å². The molecule has 7 heteroatoms. The Labute approximate surface area is 153 Å². The zero-order valence-electron chi connectivity index (χ0n) is 14.3. The third-order valence-electron chi connectivity index (χ3n) is 4.36. The fourth-order valence-electron chi connectivity index (χ4n) is 2.87. The van der Waals surface area contributed by atoms with Crippen LogP contribution in [0.25, 0.3) is 6.08 Å². The summed E-state index contributed by atoms with van der Waals surface area (Å²) in [6, 6.07) is 12.8. The topological polar surface area (TPSA) is 79.4 Å². The molecule has 0 bridgehead atoms. The average molecular weight is 371 g/mol. The largest absolute Gasteiger partial charge is 0.326 e. The second-order valence-corrected chi connectivity index (χ2v) is 7.98. The normalized spacial score (nSPS) is 16.6. The van der Waals surface area contributed by atoms with Crippen molar-refractivity contribution in [1.29, 1.82) is 0 Å². The first-order chi connectivity index (χ1) is 12.5. The quantitative estimate of drug-likeness (QED) is 0.876. The van der Waals surface area contributed by atoms with E-state index in [0.717, 1.165) is 5.56 Å². The van der Waals surface area contributed by atoms with Crippen LogP contribution in [0.4, 0.5) is 5.69 Å². The molecule has 136 valence electrons. The smallest absolute Gasteiger partial charge is 0.236 e. The van der Waals surface area contributed by atoms with E-state index in [-0.39, 0.29) is 11.8 Å². The molecule has 0 aliphatic carbocycles. The molecule has 0 spiro atoms. The first-order valence-corrected chi connectivity index (χ1v) is 9.99. The molecule has 1 aliphatic rings.